The van der Waals surface area contributed by atoms with Crippen molar-refractivity contribution < 1.29 is 0 Å². The lowest BCUT2D eigenvalue weighted by atomic mass is 10.1. The van der Waals surface area contributed by atoms with Crippen LogP contribution in [0.5, 0.6) is 0 Å². The first-order chi connectivity index (χ1) is 12.8. The zero-order valence-electron chi connectivity index (χ0n) is 18.1. The van der Waals surface area contributed by atoms with E-state index < -0.39 is 0 Å². The highest BCUT2D eigenvalue weighted by Crippen LogP contribution is 2.49. The second-order valence-electron chi connectivity index (χ2n) is 7.56. The van der Waals surface area contributed by atoms with Gasteiger partial charge < -0.3 is 0 Å². The van der Waals surface area contributed by atoms with Crippen LogP contribution in [0.2, 0.25) is 0 Å². The van der Waals surface area contributed by atoms with E-state index in [0.717, 1.165) is 10.5 Å². The fraction of sp³-hybridized carbons (Fsp3) is 1.00. The lowest BCUT2D eigenvalue weighted by Crippen LogP contribution is -2.02. The van der Waals surface area contributed by atoms with E-state index in [9.17, 15) is 0 Å². The van der Waals surface area contributed by atoms with Crippen LogP contribution in [0.15, 0.2) is 0 Å². The molecule has 0 radical (unpaired) electrons. The van der Waals surface area contributed by atoms with Gasteiger partial charge in [0.05, 0.1) is 0 Å². The Balaban J connectivity index is 4.04. The first-order valence-electron chi connectivity index (χ1n) is 11.4. The predicted octanol–water partition coefficient (Wildman–Crippen LogP) is 10.7. The molecule has 0 unspecified atom stereocenters. The number of hydrogen-bond acceptors (Lipinski definition) is 4. The summed E-state index contributed by atoms with van der Waals surface area (Å²) in [6.07, 6.45) is 22.5. The highest BCUT2D eigenvalue weighted by Gasteiger charge is 2.13. The zero-order chi connectivity index (χ0) is 19.3. The van der Waals surface area contributed by atoms with Crippen LogP contribution in [-0.2, 0) is 0 Å². The van der Waals surface area contributed by atoms with Gasteiger partial charge in [-0.1, -0.05) is 126 Å². The van der Waals surface area contributed by atoms with Crippen molar-refractivity contribution in [2.24, 2.45) is 0 Å². The molecule has 0 aliphatic rings. The molecule has 0 saturated carbocycles. The van der Waals surface area contributed by atoms with Gasteiger partial charge in [-0.25, -0.2) is 0 Å². The van der Waals surface area contributed by atoms with Crippen LogP contribution in [-0.4, -0.2) is 10.5 Å². The molecule has 0 fully saturated rings. The third-order valence-corrected chi connectivity index (χ3v) is 12.3. The van der Waals surface area contributed by atoms with Crippen molar-refractivity contribution >= 4 is 41.2 Å². The van der Waals surface area contributed by atoms with Crippen LogP contribution in [0.4, 0.5) is 0 Å². The highest BCUT2D eigenvalue weighted by molar-refractivity contribution is 9.26. The van der Waals surface area contributed by atoms with Crippen LogP contribution >= 0.6 is 41.2 Å². The largest absolute Gasteiger partial charge is 0.0783 e. The van der Waals surface area contributed by atoms with Gasteiger partial charge in [0, 0.05) is 10.5 Å². The Hall–Kier alpha value is 1.40. The molecule has 0 spiro atoms. The second-order valence-corrected chi connectivity index (χ2v) is 14.0. The minimum Gasteiger partial charge on any atom is -0.0783 e. The van der Waals surface area contributed by atoms with Crippen molar-refractivity contribution in [3.8, 4) is 0 Å². The summed E-state index contributed by atoms with van der Waals surface area (Å²) >= 11 is 0. The van der Waals surface area contributed by atoms with Gasteiger partial charge in [0.1, 0.15) is 0 Å². The number of rotatable bonds is 21. The summed E-state index contributed by atoms with van der Waals surface area (Å²) in [6.45, 7) is 9.27. The Morgan fingerprint density at radius 1 is 0.423 bits per heavy atom. The Morgan fingerprint density at radius 2 is 0.692 bits per heavy atom. The van der Waals surface area contributed by atoms with Crippen LogP contribution < -0.4 is 0 Å². The summed E-state index contributed by atoms with van der Waals surface area (Å²) in [5, 5.41) is 1.76. The third-order valence-electron chi connectivity index (χ3n) is 4.90. The van der Waals surface area contributed by atoms with Gasteiger partial charge in [0.2, 0.25) is 0 Å². The van der Waals surface area contributed by atoms with Gasteiger partial charge in [0.15, 0.2) is 0 Å². The molecule has 0 saturated heterocycles. The molecule has 0 amide bonds. The topological polar surface area (TPSA) is 0 Å². The van der Waals surface area contributed by atoms with Gasteiger partial charge in [-0.3, -0.25) is 0 Å². The molecule has 0 rings (SSSR count). The summed E-state index contributed by atoms with van der Waals surface area (Å²) in [4.78, 5) is 0. The summed E-state index contributed by atoms with van der Waals surface area (Å²) in [7, 11) is 8.52. The third kappa shape index (κ3) is 18.7. The molecule has 0 atom stereocenters. The van der Waals surface area contributed by atoms with Gasteiger partial charge in [0.25, 0.3) is 0 Å². The molecule has 0 heterocycles. The van der Waals surface area contributed by atoms with Crippen LogP contribution in [0.1, 0.15) is 130 Å². The van der Waals surface area contributed by atoms with E-state index in [1.54, 1.807) is 0 Å². The Bertz CT molecular complexity index is 215. The molecule has 158 valence electrons. The van der Waals surface area contributed by atoms with E-state index in [4.69, 9.17) is 0 Å². The van der Waals surface area contributed by atoms with Crippen molar-refractivity contribution in [1.82, 2.24) is 0 Å². The van der Waals surface area contributed by atoms with Crippen LogP contribution in [0, 0.1) is 0 Å². The minimum absolute atomic E-state index is 0.879. The highest BCUT2D eigenvalue weighted by atomic mass is 33.7. The maximum atomic E-state index is 2.32. The average Bonchev–Trinajstić information content (AvgIpc) is 2.64. The fourth-order valence-electron chi connectivity index (χ4n) is 3.11. The quantitative estimate of drug-likeness (QED) is 0.129. The maximum Gasteiger partial charge on any atom is 0.0159 e. The van der Waals surface area contributed by atoms with E-state index >= 15 is 0 Å². The lowest BCUT2D eigenvalue weighted by Gasteiger charge is -2.17. The molecule has 0 aliphatic heterocycles. The van der Waals surface area contributed by atoms with Crippen molar-refractivity contribution in [3.05, 3.63) is 0 Å². The zero-order valence-corrected chi connectivity index (χ0v) is 21.4. The minimum atomic E-state index is 0.879. The number of unbranched alkanes of at least 4 members (excludes halogenated alkanes) is 8. The molecular weight excluding hydrogens is 393 g/mol. The van der Waals surface area contributed by atoms with Gasteiger partial charge in [-0.2, -0.15) is 0 Å². The van der Waals surface area contributed by atoms with Gasteiger partial charge >= 0.3 is 0 Å². The maximum absolute atomic E-state index is 2.32. The van der Waals surface area contributed by atoms with Gasteiger partial charge in [-0.15, -0.1) is 0 Å². The normalized spacial score (nSPS) is 11.8. The van der Waals surface area contributed by atoms with Crippen LogP contribution in [0.25, 0.3) is 0 Å². The molecular formula is C22H46S4. The Kier molecular flexibility index (Phi) is 23.9. The second kappa shape index (κ2) is 22.7. The summed E-state index contributed by atoms with van der Waals surface area (Å²) in [5.41, 5.74) is 0. The summed E-state index contributed by atoms with van der Waals surface area (Å²) in [6, 6.07) is 0. The average molecular weight is 439 g/mol. The lowest BCUT2D eigenvalue weighted by molar-refractivity contribution is 0.585. The van der Waals surface area contributed by atoms with Crippen LogP contribution in [0.3, 0.4) is 0 Å². The van der Waals surface area contributed by atoms with E-state index in [2.05, 4.69) is 68.9 Å². The van der Waals surface area contributed by atoms with Crippen molar-refractivity contribution in [2.75, 3.05) is 0 Å². The summed E-state index contributed by atoms with van der Waals surface area (Å²) in [5.74, 6) is 0. The Labute approximate surface area is 181 Å². The fourth-order valence-corrected chi connectivity index (χ4v) is 10.8. The number of hydrogen-bond donors (Lipinski definition) is 0. The first-order valence-corrected chi connectivity index (χ1v) is 16.4. The molecule has 0 bridgehead atoms. The summed E-state index contributed by atoms with van der Waals surface area (Å²) < 4.78 is 0. The molecule has 26 heavy (non-hydrogen) atoms. The van der Waals surface area contributed by atoms with Crippen molar-refractivity contribution in [3.63, 3.8) is 0 Å². The molecule has 0 aromatic rings. The first kappa shape index (κ1) is 27.4. The molecule has 0 nitrogen and oxygen atoms in total. The molecule has 0 N–H and O–H groups in total. The van der Waals surface area contributed by atoms with Crippen molar-refractivity contribution in [2.45, 2.75) is 141 Å². The van der Waals surface area contributed by atoms with Gasteiger partial charge in [-0.05, 0) is 45.3 Å². The van der Waals surface area contributed by atoms with Crippen molar-refractivity contribution in [1.29, 1.82) is 0 Å². The Morgan fingerprint density at radius 3 is 0.923 bits per heavy atom. The van der Waals surface area contributed by atoms with E-state index in [1.807, 2.05) is 0 Å². The molecule has 0 aliphatic carbocycles. The molecule has 0 aromatic heterocycles. The molecule has 0 aromatic carbocycles. The van der Waals surface area contributed by atoms with E-state index in [0.29, 0.717) is 0 Å². The van der Waals surface area contributed by atoms with E-state index in [1.165, 1.54) is 103 Å². The predicted molar refractivity (Wildman–Crippen MR) is 135 cm³/mol. The van der Waals surface area contributed by atoms with E-state index in [-0.39, 0.29) is 0 Å². The monoisotopic (exact) mass is 438 g/mol. The molecule has 4 heteroatoms. The SMILES string of the molecule is CCCCCC(CCCCC)SSSSC(CCCCC)CCCCC. The standard InChI is InChI=1S/C22H46S4/c1-5-9-13-17-21(18-14-10-6-2)23-25-26-24-22(19-15-11-7-3)20-16-12-8-4/h21-22H,5-20H2,1-4H3. The smallest absolute Gasteiger partial charge is 0.0159 e.